The summed E-state index contributed by atoms with van der Waals surface area (Å²) < 4.78 is 33.1. The fourth-order valence-electron chi connectivity index (χ4n) is 2.64. The summed E-state index contributed by atoms with van der Waals surface area (Å²) in [5.74, 6) is -1.04. The van der Waals surface area contributed by atoms with E-state index < -0.39 is 11.6 Å². The van der Waals surface area contributed by atoms with Gasteiger partial charge < -0.3 is 10.1 Å². The van der Waals surface area contributed by atoms with Gasteiger partial charge >= 0.3 is 0 Å². The molecule has 1 aromatic carbocycles. The lowest BCUT2D eigenvalue weighted by Gasteiger charge is -2.21. The number of halogens is 3. The van der Waals surface area contributed by atoms with E-state index in [9.17, 15) is 8.78 Å². The minimum absolute atomic E-state index is 0.180. The second-order valence-corrected chi connectivity index (χ2v) is 5.52. The monoisotopic (exact) mass is 303 g/mol. The first kappa shape index (κ1) is 15.7. The van der Waals surface area contributed by atoms with E-state index in [1.54, 1.807) is 0 Å². The highest BCUT2D eigenvalue weighted by Crippen LogP contribution is 2.28. The fraction of sp³-hybridized carbons (Fsp3) is 0.600. The van der Waals surface area contributed by atoms with Gasteiger partial charge in [0.2, 0.25) is 0 Å². The van der Waals surface area contributed by atoms with Gasteiger partial charge in [0.05, 0.1) is 11.1 Å². The molecule has 0 radical (unpaired) electrons. The Morgan fingerprint density at radius 3 is 2.85 bits per heavy atom. The molecule has 1 heterocycles. The summed E-state index contributed by atoms with van der Waals surface area (Å²) in [7, 11) is 0. The Morgan fingerprint density at radius 1 is 1.40 bits per heavy atom. The summed E-state index contributed by atoms with van der Waals surface area (Å²) >= 11 is 5.59. The molecule has 2 unspecified atom stereocenters. The van der Waals surface area contributed by atoms with Crippen molar-refractivity contribution in [1.82, 2.24) is 5.32 Å². The predicted octanol–water partition coefficient (Wildman–Crippen LogP) is 4.23. The van der Waals surface area contributed by atoms with Crippen molar-refractivity contribution < 1.29 is 13.5 Å². The van der Waals surface area contributed by atoms with Crippen LogP contribution in [0.15, 0.2) is 12.1 Å². The molecular weight excluding hydrogens is 284 g/mol. The highest BCUT2D eigenvalue weighted by molar-refractivity contribution is 6.30. The molecule has 2 rings (SSSR count). The first-order valence-corrected chi connectivity index (χ1v) is 7.49. The molecule has 1 aliphatic heterocycles. The van der Waals surface area contributed by atoms with Gasteiger partial charge in [0, 0.05) is 18.2 Å². The Morgan fingerprint density at radius 2 is 2.20 bits per heavy atom. The third-order valence-electron chi connectivity index (χ3n) is 3.67. The van der Waals surface area contributed by atoms with Crippen molar-refractivity contribution in [3.05, 3.63) is 34.4 Å². The van der Waals surface area contributed by atoms with Crippen molar-refractivity contribution in [2.75, 3.05) is 13.2 Å². The molecule has 1 aromatic rings. The van der Waals surface area contributed by atoms with Gasteiger partial charge in [-0.1, -0.05) is 18.5 Å². The molecule has 1 N–H and O–H groups in total. The van der Waals surface area contributed by atoms with Crippen molar-refractivity contribution in [3.8, 4) is 0 Å². The van der Waals surface area contributed by atoms with E-state index in [1.165, 1.54) is 6.07 Å². The lowest BCUT2D eigenvalue weighted by molar-refractivity contribution is 0.0995. The number of hydrogen-bond acceptors (Lipinski definition) is 2. The number of ether oxygens (including phenoxy) is 1. The lowest BCUT2D eigenvalue weighted by atomic mass is 9.98. The van der Waals surface area contributed by atoms with E-state index in [4.69, 9.17) is 16.3 Å². The summed E-state index contributed by atoms with van der Waals surface area (Å²) in [5, 5.41) is 3.03. The quantitative estimate of drug-likeness (QED) is 0.794. The van der Waals surface area contributed by atoms with Crippen LogP contribution in [-0.4, -0.2) is 19.3 Å². The van der Waals surface area contributed by atoms with Gasteiger partial charge in [0.1, 0.15) is 11.6 Å². The largest absolute Gasteiger partial charge is 0.378 e. The van der Waals surface area contributed by atoms with Crippen molar-refractivity contribution in [3.63, 3.8) is 0 Å². The predicted molar refractivity (Wildman–Crippen MR) is 76.0 cm³/mol. The van der Waals surface area contributed by atoms with Gasteiger partial charge in [-0.25, -0.2) is 8.78 Å². The molecular formula is C15H20ClF2NO. The standard InChI is InChI=1S/C15H20ClF2NO/c1-2-19-15(6-5-10-4-3-7-20-10)11-8-14(18)12(16)9-13(11)17/h8-10,15,19H,2-7H2,1H3. The van der Waals surface area contributed by atoms with Crippen molar-refractivity contribution >= 4 is 11.6 Å². The van der Waals surface area contributed by atoms with E-state index >= 15 is 0 Å². The van der Waals surface area contributed by atoms with Crippen molar-refractivity contribution in [2.45, 2.75) is 44.8 Å². The molecule has 0 saturated carbocycles. The number of rotatable bonds is 6. The lowest BCUT2D eigenvalue weighted by Crippen LogP contribution is -2.23. The smallest absolute Gasteiger partial charge is 0.142 e. The molecule has 0 aliphatic carbocycles. The van der Waals surface area contributed by atoms with Crippen LogP contribution < -0.4 is 5.32 Å². The Labute approximate surface area is 123 Å². The minimum Gasteiger partial charge on any atom is -0.378 e. The molecule has 1 aliphatic rings. The number of hydrogen-bond donors (Lipinski definition) is 1. The molecule has 112 valence electrons. The Hall–Kier alpha value is -0.710. The maximum atomic E-state index is 14.0. The Bertz CT molecular complexity index is 450. The number of nitrogens with one attached hydrogen (secondary N) is 1. The molecule has 0 spiro atoms. The minimum atomic E-state index is -0.580. The molecule has 0 aromatic heterocycles. The van der Waals surface area contributed by atoms with Crippen LogP contribution >= 0.6 is 11.6 Å². The normalized spacial score (nSPS) is 20.3. The Kier molecular flexibility index (Phi) is 5.75. The molecule has 1 fully saturated rings. The van der Waals surface area contributed by atoms with E-state index in [-0.39, 0.29) is 17.2 Å². The summed E-state index contributed by atoms with van der Waals surface area (Å²) in [6.45, 7) is 3.45. The van der Waals surface area contributed by atoms with E-state index in [0.717, 1.165) is 38.4 Å². The van der Waals surface area contributed by atoms with Crippen molar-refractivity contribution in [2.24, 2.45) is 0 Å². The topological polar surface area (TPSA) is 21.3 Å². The van der Waals surface area contributed by atoms with E-state index in [2.05, 4.69) is 5.32 Å². The zero-order chi connectivity index (χ0) is 14.5. The van der Waals surface area contributed by atoms with Crippen LogP contribution in [0.25, 0.3) is 0 Å². The molecule has 2 atom stereocenters. The maximum Gasteiger partial charge on any atom is 0.142 e. The molecule has 0 bridgehead atoms. The van der Waals surface area contributed by atoms with Crippen LogP contribution in [0.4, 0.5) is 8.78 Å². The second kappa shape index (κ2) is 7.34. The maximum absolute atomic E-state index is 14.0. The molecule has 20 heavy (non-hydrogen) atoms. The fourth-order valence-corrected chi connectivity index (χ4v) is 2.79. The molecule has 0 amide bonds. The summed E-state index contributed by atoms with van der Waals surface area (Å²) in [6, 6.07) is 2.03. The molecule has 2 nitrogen and oxygen atoms in total. The summed E-state index contributed by atoms with van der Waals surface area (Å²) in [4.78, 5) is 0. The van der Waals surface area contributed by atoms with Crippen LogP contribution in [-0.2, 0) is 4.74 Å². The highest BCUT2D eigenvalue weighted by Gasteiger charge is 2.21. The van der Waals surface area contributed by atoms with Crippen molar-refractivity contribution in [1.29, 1.82) is 0 Å². The molecule has 1 saturated heterocycles. The third-order valence-corrected chi connectivity index (χ3v) is 3.96. The van der Waals surface area contributed by atoms with E-state index in [0.29, 0.717) is 12.1 Å². The first-order valence-electron chi connectivity index (χ1n) is 7.11. The van der Waals surface area contributed by atoms with Crippen LogP contribution in [0, 0.1) is 11.6 Å². The molecule has 5 heteroatoms. The number of benzene rings is 1. The van der Waals surface area contributed by atoms with Gasteiger partial charge in [0.25, 0.3) is 0 Å². The first-order chi connectivity index (χ1) is 9.61. The Balaban J connectivity index is 2.08. The van der Waals surface area contributed by atoms with Crippen LogP contribution in [0.2, 0.25) is 5.02 Å². The van der Waals surface area contributed by atoms with E-state index in [1.807, 2.05) is 6.92 Å². The third kappa shape index (κ3) is 3.90. The second-order valence-electron chi connectivity index (χ2n) is 5.11. The zero-order valence-corrected chi connectivity index (χ0v) is 12.4. The SMILES string of the molecule is CCNC(CCC1CCCO1)c1cc(F)c(Cl)cc1F. The van der Waals surface area contributed by atoms with Gasteiger partial charge in [0.15, 0.2) is 0 Å². The van der Waals surface area contributed by atoms with Gasteiger partial charge in [-0.2, -0.15) is 0 Å². The van der Waals surface area contributed by atoms with Gasteiger partial charge in [-0.05, 0) is 44.4 Å². The average molecular weight is 304 g/mol. The van der Waals surface area contributed by atoms with Crippen LogP contribution in [0.3, 0.4) is 0 Å². The highest BCUT2D eigenvalue weighted by atomic mass is 35.5. The zero-order valence-electron chi connectivity index (χ0n) is 11.6. The summed E-state index contributed by atoms with van der Waals surface area (Å²) in [5.41, 5.74) is 0.340. The summed E-state index contributed by atoms with van der Waals surface area (Å²) in [6.07, 6.45) is 3.95. The van der Waals surface area contributed by atoms with Crippen LogP contribution in [0.1, 0.15) is 44.2 Å². The average Bonchev–Trinajstić information content (AvgIpc) is 2.92. The van der Waals surface area contributed by atoms with Gasteiger partial charge in [-0.15, -0.1) is 0 Å². The van der Waals surface area contributed by atoms with Gasteiger partial charge in [-0.3, -0.25) is 0 Å². The van der Waals surface area contributed by atoms with Crippen LogP contribution in [0.5, 0.6) is 0 Å².